The molecule has 3 saturated heterocycles. The van der Waals surface area contributed by atoms with Gasteiger partial charge in [0.15, 0.2) is 0 Å². The van der Waals surface area contributed by atoms with Gasteiger partial charge in [-0.2, -0.15) is 0 Å². The summed E-state index contributed by atoms with van der Waals surface area (Å²) in [6.45, 7) is 7.73. The first-order valence-electron chi connectivity index (χ1n) is 18.5. The minimum atomic E-state index is -1.13. The fraction of sp³-hybridized carbons (Fsp3) is 0.575. The second-order valence-electron chi connectivity index (χ2n) is 15.2. The Kier molecular flexibility index (Phi) is 9.75. The van der Waals surface area contributed by atoms with Crippen molar-refractivity contribution in [3.8, 4) is 0 Å². The number of nitrogens with zero attached hydrogens (tertiary/aromatic N) is 2. The van der Waals surface area contributed by atoms with E-state index >= 15 is 0 Å². The SMILES string of the molecule is CC(C)c1ccc(NC(=O)[C@H]2[C@H]3C=C[C@]4(O3)[C@H](C(=O)NC3CCCCC3)N(CCCN3CCC(Cc5ccccc5)CC3)C(=O)[C@@H]24)cc1. The first-order valence-corrected chi connectivity index (χ1v) is 18.5. The van der Waals surface area contributed by atoms with Crippen LogP contribution in [-0.2, 0) is 25.5 Å². The number of rotatable bonds is 11. The summed E-state index contributed by atoms with van der Waals surface area (Å²) in [6, 6.07) is 18.0. The van der Waals surface area contributed by atoms with Crippen molar-refractivity contribution in [3.05, 3.63) is 77.9 Å². The molecule has 1 saturated carbocycles. The number of nitrogens with one attached hydrogen (secondary N) is 2. The fourth-order valence-electron chi connectivity index (χ4n) is 9.04. The topological polar surface area (TPSA) is 91.0 Å². The molecule has 2 bridgehead atoms. The van der Waals surface area contributed by atoms with E-state index in [1.54, 1.807) is 4.90 Å². The molecule has 2 aromatic rings. The highest BCUT2D eigenvalue weighted by atomic mass is 16.5. The van der Waals surface area contributed by atoms with E-state index in [0.29, 0.717) is 24.1 Å². The predicted octanol–water partition coefficient (Wildman–Crippen LogP) is 5.69. The second kappa shape index (κ2) is 14.2. The number of benzene rings is 2. The molecule has 8 heteroatoms. The van der Waals surface area contributed by atoms with Crippen LogP contribution in [-0.4, -0.2) is 77.5 Å². The highest BCUT2D eigenvalue weighted by molar-refractivity contribution is 6.02. The first kappa shape index (κ1) is 33.0. The zero-order chi connectivity index (χ0) is 33.3. The maximum absolute atomic E-state index is 14.4. The molecule has 1 spiro atoms. The van der Waals surface area contributed by atoms with Crippen molar-refractivity contribution >= 4 is 23.4 Å². The fourth-order valence-corrected chi connectivity index (χ4v) is 9.04. The Balaban J connectivity index is 1.03. The molecule has 3 amide bonds. The summed E-state index contributed by atoms with van der Waals surface area (Å²) < 4.78 is 6.58. The standard InChI is InChI=1S/C40H52N4O4/c1-27(2)30-14-16-32(17-15-30)41-37(45)34-33-18-21-40(48-33)35(34)39(47)44(36(40)38(46)42-31-12-7-4-8-13-31)23-9-22-43-24-19-29(20-25-43)26-28-10-5-3-6-11-28/h3,5-6,10-11,14-18,21,27,29,31,33-36H,4,7-9,12-13,19-20,22-26H2,1-2H3,(H,41,45)(H,42,46)/t33-,34+,35-,36+,40-/m1/s1. The zero-order valence-corrected chi connectivity index (χ0v) is 28.6. The van der Waals surface area contributed by atoms with E-state index in [2.05, 4.69) is 59.7 Å². The number of carbonyl (C=O) groups is 3. The predicted molar refractivity (Wildman–Crippen MR) is 187 cm³/mol. The molecule has 2 N–H and O–H groups in total. The number of hydrogen-bond donors (Lipinski definition) is 2. The van der Waals surface area contributed by atoms with Gasteiger partial charge in [0.05, 0.1) is 17.9 Å². The van der Waals surface area contributed by atoms with Crippen molar-refractivity contribution in [3.63, 3.8) is 0 Å². The maximum atomic E-state index is 14.4. The minimum absolute atomic E-state index is 0.117. The summed E-state index contributed by atoms with van der Waals surface area (Å²) in [5, 5.41) is 6.37. The molecule has 7 rings (SSSR count). The van der Waals surface area contributed by atoms with Crippen LogP contribution in [0, 0.1) is 17.8 Å². The molecular weight excluding hydrogens is 600 g/mol. The molecule has 256 valence electrons. The van der Waals surface area contributed by atoms with Gasteiger partial charge in [0.2, 0.25) is 17.7 Å². The first-order chi connectivity index (χ1) is 23.3. The van der Waals surface area contributed by atoms with Crippen LogP contribution in [0.4, 0.5) is 5.69 Å². The average Bonchev–Trinajstić information content (AvgIpc) is 3.74. The number of carbonyl (C=O) groups excluding carboxylic acids is 3. The summed E-state index contributed by atoms with van der Waals surface area (Å²) >= 11 is 0. The lowest BCUT2D eigenvalue weighted by atomic mass is 9.74. The van der Waals surface area contributed by atoms with Crippen LogP contribution in [0.5, 0.6) is 0 Å². The minimum Gasteiger partial charge on any atom is -0.359 e. The van der Waals surface area contributed by atoms with E-state index < -0.39 is 29.6 Å². The largest absolute Gasteiger partial charge is 0.359 e. The van der Waals surface area contributed by atoms with E-state index in [9.17, 15) is 14.4 Å². The maximum Gasteiger partial charge on any atom is 0.246 e. The third-order valence-corrected chi connectivity index (χ3v) is 11.7. The Hall–Kier alpha value is -3.49. The highest BCUT2D eigenvalue weighted by Gasteiger charge is 2.72. The summed E-state index contributed by atoms with van der Waals surface area (Å²) in [5.74, 6) is -0.829. The van der Waals surface area contributed by atoms with E-state index in [-0.39, 0.29) is 23.8 Å². The molecule has 4 aliphatic heterocycles. The van der Waals surface area contributed by atoms with Gasteiger partial charge in [-0.25, -0.2) is 0 Å². The van der Waals surface area contributed by atoms with Crippen LogP contribution in [0.15, 0.2) is 66.7 Å². The number of amides is 3. The van der Waals surface area contributed by atoms with Crippen molar-refractivity contribution in [2.45, 2.75) is 101 Å². The Labute approximate surface area is 285 Å². The summed E-state index contributed by atoms with van der Waals surface area (Å²) in [6.07, 6.45) is 12.9. The Morgan fingerprint density at radius 2 is 1.65 bits per heavy atom. The smallest absolute Gasteiger partial charge is 0.246 e. The molecule has 8 nitrogen and oxygen atoms in total. The average molecular weight is 653 g/mol. The van der Waals surface area contributed by atoms with Crippen LogP contribution < -0.4 is 10.6 Å². The van der Waals surface area contributed by atoms with E-state index in [1.165, 1.54) is 30.4 Å². The van der Waals surface area contributed by atoms with E-state index in [1.807, 2.05) is 36.4 Å². The molecule has 0 aromatic heterocycles. The molecule has 5 atom stereocenters. The van der Waals surface area contributed by atoms with Crippen molar-refractivity contribution in [2.75, 3.05) is 31.5 Å². The molecule has 2 aromatic carbocycles. The van der Waals surface area contributed by atoms with Gasteiger partial charge >= 0.3 is 0 Å². The van der Waals surface area contributed by atoms with Gasteiger partial charge in [-0.3, -0.25) is 14.4 Å². The number of anilines is 1. The van der Waals surface area contributed by atoms with Crippen LogP contribution in [0.1, 0.15) is 82.3 Å². The number of ether oxygens (including phenoxy) is 1. The molecule has 4 fully saturated rings. The Bertz CT molecular complexity index is 1480. The number of fused-ring (bicyclic) bond motifs is 1. The van der Waals surface area contributed by atoms with Crippen LogP contribution >= 0.6 is 0 Å². The van der Waals surface area contributed by atoms with Gasteiger partial charge in [-0.05, 0) is 93.3 Å². The molecule has 0 unspecified atom stereocenters. The van der Waals surface area contributed by atoms with Crippen molar-refractivity contribution in [1.29, 1.82) is 0 Å². The molecule has 4 heterocycles. The van der Waals surface area contributed by atoms with Crippen molar-refractivity contribution < 1.29 is 19.1 Å². The van der Waals surface area contributed by atoms with E-state index in [0.717, 1.165) is 58.2 Å². The van der Waals surface area contributed by atoms with Crippen molar-refractivity contribution in [2.24, 2.45) is 17.8 Å². The molecular formula is C40H52N4O4. The Morgan fingerprint density at radius 3 is 2.35 bits per heavy atom. The summed E-state index contributed by atoms with van der Waals surface area (Å²) in [5.41, 5.74) is 2.18. The lowest BCUT2D eigenvalue weighted by Gasteiger charge is -2.35. The zero-order valence-electron chi connectivity index (χ0n) is 28.6. The lowest BCUT2D eigenvalue weighted by molar-refractivity contribution is -0.141. The Morgan fingerprint density at radius 1 is 0.917 bits per heavy atom. The number of piperidine rings is 1. The van der Waals surface area contributed by atoms with Crippen LogP contribution in [0.3, 0.4) is 0 Å². The van der Waals surface area contributed by atoms with Gasteiger partial charge < -0.3 is 25.2 Å². The monoisotopic (exact) mass is 652 g/mol. The van der Waals surface area contributed by atoms with Gasteiger partial charge in [-0.1, -0.05) is 87.7 Å². The van der Waals surface area contributed by atoms with Crippen LogP contribution in [0.25, 0.3) is 0 Å². The lowest BCUT2D eigenvalue weighted by Crippen LogP contribution is -2.56. The van der Waals surface area contributed by atoms with Gasteiger partial charge in [0.25, 0.3) is 0 Å². The summed E-state index contributed by atoms with van der Waals surface area (Å²) in [4.78, 5) is 46.7. The van der Waals surface area contributed by atoms with Gasteiger partial charge in [0, 0.05) is 18.3 Å². The van der Waals surface area contributed by atoms with Crippen molar-refractivity contribution in [1.82, 2.24) is 15.1 Å². The summed E-state index contributed by atoms with van der Waals surface area (Å²) in [7, 11) is 0. The molecule has 1 aliphatic carbocycles. The molecule has 0 radical (unpaired) electrons. The van der Waals surface area contributed by atoms with Gasteiger partial charge in [-0.15, -0.1) is 0 Å². The third-order valence-electron chi connectivity index (χ3n) is 11.7. The third kappa shape index (κ3) is 6.58. The molecule has 48 heavy (non-hydrogen) atoms. The second-order valence-corrected chi connectivity index (χ2v) is 15.2. The highest BCUT2D eigenvalue weighted by Crippen LogP contribution is 2.55. The van der Waals surface area contributed by atoms with Crippen LogP contribution in [0.2, 0.25) is 0 Å². The number of likely N-dealkylation sites (tertiary alicyclic amines) is 2. The quantitative estimate of drug-likeness (QED) is 0.305. The molecule has 5 aliphatic rings. The van der Waals surface area contributed by atoms with E-state index in [4.69, 9.17) is 4.74 Å². The number of hydrogen-bond acceptors (Lipinski definition) is 5. The normalized spacial score (nSPS) is 29.1. The van der Waals surface area contributed by atoms with Gasteiger partial charge in [0.1, 0.15) is 11.6 Å².